The summed E-state index contributed by atoms with van der Waals surface area (Å²) in [7, 11) is 0. The van der Waals surface area contributed by atoms with Crippen molar-refractivity contribution in [2.24, 2.45) is 11.7 Å². The number of nitrogens with two attached hydrogens (primary N) is 1. The fourth-order valence-corrected chi connectivity index (χ4v) is 1.17. The average molecular weight is 225 g/mol. The highest BCUT2D eigenvalue weighted by molar-refractivity contribution is 5.94. The molecule has 5 heteroatoms. The maximum Gasteiger partial charge on any atom is 0.242 e. The molecular weight excluding hydrogens is 209 g/mol. The first kappa shape index (κ1) is 12.6. The van der Waals surface area contributed by atoms with Crippen LogP contribution in [0.2, 0.25) is 0 Å². The van der Waals surface area contributed by atoms with Crippen molar-refractivity contribution in [3.05, 3.63) is 24.1 Å². The van der Waals surface area contributed by atoms with Crippen LogP contribution in [0.5, 0.6) is 0 Å². The number of hydrogen-bond donors (Lipinski definition) is 2. The second kappa shape index (κ2) is 5.55. The summed E-state index contributed by atoms with van der Waals surface area (Å²) < 4.78 is 12.6. The number of hydrogen-bond acceptors (Lipinski definition) is 3. The van der Waals surface area contributed by atoms with Crippen molar-refractivity contribution in [3.63, 3.8) is 0 Å². The molecule has 0 aromatic carbocycles. The number of pyridine rings is 1. The molecule has 1 aromatic rings. The smallest absolute Gasteiger partial charge is 0.242 e. The normalized spacial score (nSPS) is 14.2. The van der Waals surface area contributed by atoms with Crippen LogP contribution in [-0.4, -0.2) is 16.9 Å². The van der Waals surface area contributed by atoms with Gasteiger partial charge in [0.2, 0.25) is 5.91 Å². The average Bonchev–Trinajstić information content (AvgIpc) is 2.30. The third-order valence-corrected chi connectivity index (χ3v) is 2.54. The Morgan fingerprint density at radius 3 is 2.81 bits per heavy atom. The molecule has 88 valence electrons. The van der Waals surface area contributed by atoms with Crippen LogP contribution in [0.3, 0.4) is 0 Å². The van der Waals surface area contributed by atoms with E-state index < -0.39 is 11.9 Å². The summed E-state index contributed by atoms with van der Waals surface area (Å²) in [5.41, 5.74) is 5.74. The molecule has 1 amide bonds. The van der Waals surface area contributed by atoms with Crippen LogP contribution >= 0.6 is 0 Å². The van der Waals surface area contributed by atoms with E-state index in [1.807, 2.05) is 13.8 Å². The van der Waals surface area contributed by atoms with Gasteiger partial charge in [-0.3, -0.25) is 4.79 Å². The number of halogens is 1. The Morgan fingerprint density at radius 2 is 2.31 bits per heavy atom. The number of anilines is 1. The first-order valence-electron chi connectivity index (χ1n) is 5.22. The third-order valence-electron chi connectivity index (χ3n) is 2.54. The Balaban J connectivity index is 2.60. The van der Waals surface area contributed by atoms with Gasteiger partial charge in [-0.05, 0) is 18.1 Å². The molecule has 1 unspecified atom stereocenters. The van der Waals surface area contributed by atoms with Gasteiger partial charge in [-0.1, -0.05) is 20.3 Å². The minimum absolute atomic E-state index is 0.0976. The highest BCUT2D eigenvalue weighted by atomic mass is 19.1. The molecule has 1 heterocycles. The molecule has 0 radical (unpaired) electrons. The number of rotatable bonds is 4. The molecule has 1 rings (SSSR count). The molecule has 0 fully saturated rings. The molecule has 0 aliphatic carbocycles. The zero-order valence-electron chi connectivity index (χ0n) is 9.40. The predicted octanol–water partition coefficient (Wildman–Crippen LogP) is 1.53. The number of nitrogens with one attached hydrogen (secondary N) is 1. The minimum atomic E-state index is -0.572. The van der Waals surface area contributed by atoms with E-state index in [9.17, 15) is 9.18 Å². The number of nitrogens with zero attached hydrogens (tertiary/aromatic N) is 1. The monoisotopic (exact) mass is 225 g/mol. The maximum absolute atomic E-state index is 12.6. The molecule has 0 bridgehead atoms. The Morgan fingerprint density at radius 1 is 1.62 bits per heavy atom. The maximum atomic E-state index is 12.6. The lowest BCUT2D eigenvalue weighted by atomic mass is 9.99. The van der Waals surface area contributed by atoms with E-state index in [4.69, 9.17) is 5.73 Å². The molecule has 4 nitrogen and oxygen atoms in total. The van der Waals surface area contributed by atoms with E-state index in [-0.39, 0.29) is 11.8 Å². The van der Waals surface area contributed by atoms with Crippen LogP contribution < -0.4 is 11.1 Å². The van der Waals surface area contributed by atoms with Gasteiger partial charge in [-0.2, -0.15) is 0 Å². The van der Waals surface area contributed by atoms with E-state index in [0.29, 0.717) is 5.82 Å². The Bertz CT molecular complexity index is 353. The summed E-state index contributed by atoms with van der Waals surface area (Å²) in [6, 6.07) is 2.06. The first-order chi connectivity index (χ1) is 7.54. The largest absolute Gasteiger partial charge is 0.320 e. The van der Waals surface area contributed by atoms with Crippen molar-refractivity contribution in [2.45, 2.75) is 26.3 Å². The summed E-state index contributed by atoms with van der Waals surface area (Å²) in [4.78, 5) is 15.4. The number of carbonyl (C=O) groups is 1. The Hall–Kier alpha value is -1.49. The predicted molar refractivity (Wildman–Crippen MR) is 60.3 cm³/mol. The Labute approximate surface area is 94.1 Å². The van der Waals surface area contributed by atoms with Crippen LogP contribution in [-0.2, 0) is 4.79 Å². The molecule has 0 spiro atoms. The van der Waals surface area contributed by atoms with Crippen molar-refractivity contribution in [1.29, 1.82) is 0 Å². The standard InChI is InChI=1S/C11H16FN3O/c1-3-7(2)10(13)11(16)15-9-5-4-8(12)6-14-9/h4-7,10H,3,13H2,1-2H3,(H,14,15,16)/t7?,10-/m0/s1. The van der Waals surface area contributed by atoms with Crippen LogP contribution in [0, 0.1) is 11.7 Å². The van der Waals surface area contributed by atoms with Crippen LogP contribution in [0.1, 0.15) is 20.3 Å². The van der Waals surface area contributed by atoms with Crippen LogP contribution in [0.15, 0.2) is 18.3 Å². The molecule has 0 saturated heterocycles. The second-order valence-corrected chi connectivity index (χ2v) is 3.76. The van der Waals surface area contributed by atoms with Crippen molar-refractivity contribution in [1.82, 2.24) is 4.98 Å². The van der Waals surface area contributed by atoms with Gasteiger partial charge in [0.15, 0.2) is 0 Å². The van der Waals surface area contributed by atoms with Crippen LogP contribution in [0.25, 0.3) is 0 Å². The van der Waals surface area contributed by atoms with E-state index in [0.717, 1.165) is 12.6 Å². The second-order valence-electron chi connectivity index (χ2n) is 3.76. The van der Waals surface area contributed by atoms with Crippen LogP contribution in [0.4, 0.5) is 10.2 Å². The van der Waals surface area contributed by atoms with E-state index in [1.165, 1.54) is 12.1 Å². The van der Waals surface area contributed by atoms with Gasteiger partial charge in [0.25, 0.3) is 0 Å². The fraction of sp³-hybridized carbons (Fsp3) is 0.455. The fourth-order valence-electron chi connectivity index (χ4n) is 1.17. The van der Waals surface area contributed by atoms with Gasteiger partial charge in [0.05, 0.1) is 12.2 Å². The summed E-state index contributed by atoms with van der Waals surface area (Å²) in [6.45, 7) is 3.87. The minimum Gasteiger partial charge on any atom is -0.320 e. The summed E-state index contributed by atoms with van der Waals surface area (Å²) in [5, 5.41) is 2.54. The van der Waals surface area contributed by atoms with E-state index >= 15 is 0 Å². The number of aromatic nitrogens is 1. The van der Waals surface area contributed by atoms with Gasteiger partial charge in [0, 0.05) is 0 Å². The lowest BCUT2D eigenvalue weighted by molar-refractivity contribution is -0.118. The van der Waals surface area contributed by atoms with Crippen molar-refractivity contribution in [3.8, 4) is 0 Å². The Kier molecular flexibility index (Phi) is 4.37. The van der Waals surface area contributed by atoms with Gasteiger partial charge >= 0.3 is 0 Å². The molecule has 2 atom stereocenters. The molecule has 1 aromatic heterocycles. The van der Waals surface area contributed by atoms with E-state index in [1.54, 1.807) is 0 Å². The zero-order valence-corrected chi connectivity index (χ0v) is 9.40. The molecule has 3 N–H and O–H groups in total. The number of carbonyl (C=O) groups excluding carboxylic acids is 1. The van der Waals surface area contributed by atoms with Gasteiger partial charge in [-0.25, -0.2) is 9.37 Å². The molecular formula is C11H16FN3O. The molecule has 0 aliphatic rings. The highest BCUT2D eigenvalue weighted by Crippen LogP contribution is 2.09. The SMILES string of the molecule is CCC(C)[C@H](N)C(=O)Nc1ccc(F)cn1. The van der Waals surface area contributed by atoms with Crippen molar-refractivity contribution >= 4 is 11.7 Å². The highest BCUT2D eigenvalue weighted by Gasteiger charge is 2.19. The summed E-state index contributed by atoms with van der Waals surface area (Å²) in [5.74, 6) is -0.330. The van der Waals surface area contributed by atoms with Gasteiger partial charge in [0.1, 0.15) is 11.6 Å². The lowest BCUT2D eigenvalue weighted by Crippen LogP contribution is -2.40. The summed E-state index contributed by atoms with van der Waals surface area (Å²) >= 11 is 0. The lowest BCUT2D eigenvalue weighted by Gasteiger charge is -2.17. The van der Waals surface area contributed by atoms with Gasteiger partial charge < -0.3 is 11.1 Å². The molecule has 16 heavy (non-hydrogen) atoms. The quantitative estimate of drug-likeness (QED) is 0.816. The third kappa shape index (κ3) is 3.27. The number of amides is 1. The van der Waals surface area contributed by atoms with E-state index in [2.05, 4.69) is 10.3 Å². The van der Waals surface area contributed by atoms with Crippen molar-refractivity contribution in [2.75, 3.05) is 5.32 Å². The summed E-state index contributed by atoms with van der Waals surface area (Å²) in [6.07, 6.45) is 1.87. The topological polar surface area (TPSA) is 68.0 Å². The zero-order chi connectivity index (χ0) is 12.1. The van der Waals surface area contributed by atoms with Gasteiger partial charge in [-0.15, -0.1) is 0 Å². The molecule has 0 saturated carbocycles. The van der Waals surface area contributed by atoms with Crippen molar-refractivity contribution < 1.29 is 9.18 Å². The molecule has 0 aliphatic heterocycles. The first-order valence-corrected chi connectivity index (χ1v) is 5.22.